The van der Waals surface area contributed by atoms with E-state index in [1.54, 1.807) is 6.07 Å². The van der Waals surface area contributed by atoms with E-state index in [-0.39, 0.29) is 0 Å². The van der Waals surface area contributed by atoms with Crippen LogP contribution in [0, 0.1) is 0 Å². The Morgan fingerprint density at radius 1 is 1.13 bits per heavy atom. The molecule has 1 N–H and O–H groups in total. The molecule has 0 radical (unpaired) electrons. The van der Waals surface area contributed by atoms with Gasteiger partial charge in [0.1, 0.15) is 0 Å². The second-order valence-corrected chi connectivity index (χ2v) is 5.40. The summed E-state index contributed by atoms with van der Waals surface area (Å²) < 4.78 is 38.3. The molecule has 0 saturated carbocycles. The number of hydrogen-bond donors (Lipinski definition) is 1. The van der Waals surface area contributed by atoms with Crippen LogP contribution in [0.2, 0.25) is 0 Å². The van der Waals surface area contributed by atoms with E-state index >= 15 is 0 Å². The Labute approximate surface area is 134 Å². The smallest absolute Gasteiger partial charge is 0.384 e. The molecule has 0 atom stereocenters. The molecule has 0 unspecified atom stereocenters. The molecular formula is C17H22F3N3. The van der Waals surface area contributed by atoms with E-state index in [0.29, 0.717) is 10.9 Å². The van der Waals surface area contributed by atoms with Gasteiger partial charge in [-0.2, -0.15) is 13.2 Å². The van der Waals surface area contributed by atoms with Crippen molar-refractivity contribution < 1.29 is 13.2 Å². The van der Waals surface area contributed by atoms with Crippen molar-refractivity contribution >= 4 is 16.6 Å². The van der Waals surface area contributed by atoms with Crippen molar-refractivity contribution in [2.45, 2.75) is 26.4 Å². The molecule has 126 valence electrons. The van der Waals surface area contributed by atoms with Gasteiger partial charge in [0.25, 0.3) is 0 Å². The Morgan fingerprint density at radius 2 is 1.87 bits per heavy atom. The Hall–Kier alpha value is -1.82. The van der Waals surface area contributed by atoms with Crippen molar-refractivity contribution in [3.63, 3.8) is 0 Å². The van der Waals surface area contributed by atoms with E-state index in [1.807, 2.05) is 0 Å². The number of pyridine rings is 1. The molecule has 3 nitrogen and oxygen atoms in total. The minimum Gasteiger partial charge on any atom is -0.384 e. The second-order valence-electron chi connectivity index (χ2n) is 5.40. The topological polar surface area (TPSA) is 28.2 Å². The monoisotopic (exact) mass is 325 g/mol. The molecule has 2 rings (SSSR count). The fraction of sp³-hybridized carbons (Fsp3) is 0.471. The molecule has 23 heavy (non-hydrogen) atoms. The SMILES string of the molecule is CCN(CC)CCCNc1ccnc2cc(C(F)(F)F)ccc12. The molecule has 1 aromatic carbocycles. The number of fused-ring (bicyclic) bond motifs is 1. The molecule has 0 fully saturated rings. The average Bonchev–Trinajstić information content (AvgIpc) is 2.53. The average molecular weight is 325 g/mol. The highest BCUT2D eigenvalue weighted by molar-refractivity contribution is 5.91. The van der Waals surface area contributed by atoms with Gasteiger partial charge < -0.3 is 10.2 Å². The standard InChI is InChI=1S/C17H22F3N3/c1-3-23(4-2)11-5-9-21-15-8-10-22-16-12-13(17(18,19)20)6-7-14(15)16/h6-8,10,12H,3-5,9,11H2,1-2H3,(H,21,22). The van der Waals surface area contributed by atoms with Crippen LogP contribution in [-0.4, -0.2) is 36.1 Å². The summed E-state index contributed by atoms with van der Waals surface area (Å²) in [6, 6.07) is 5.48. The van der Waals surface area contributed by atoms with Crippen molar-refractivity contribution in [2.24, 2.45) is 0 Å². The largest absolute Gasteiger partial charge is 0.416 e. The highest BCUT2D eigenvalue weighted by Gasteiger charge is 2.30. The predicted octanol–water partition coefficient (Wildman–Crippen LogP) is 4.40. The molecule has 0 aliphatic heterocycles. The molecule has 0 aliphatic rings. The van der Waals surface area contributed by atoms with Gasteiger partial charge in [0.15, 0.2) is 0 Å². The maximum Gasteiger partial charge on any atom is 0.416 e. The van der Waals surface area contributed by atoms with E-state index in [2.05, 4.69) is 29.0 Å². The van der Waals surface area contributed by atoms with Crippen molar-refractivity contribution in [1.82, 2.24) is 9.88 Å². The predicted molar refractivity (Wildman–Crippen MR) is 87.6 cm³/mol. The van der Waals surface area contributed by atoms with E-state index in [1.165, 1.54) is 12.3 Å². The molecule has 6 heteroatoms. The van der Waals surface area contributed by atoms with Crippen molar-refractivity contribution in [2.75, 3.05) is 31.5 Å². The third-order valence-corrected chi connectivity index (χ3v) is 3.93. The molecule has 0 bridgehead atoms. The lowest BCUT2D eigenvalue weighted by atomic mass is 10.1. The molecule has 2 aromatic rings. The minimum absolute atomic E-state index is 0.355. The van der Waals surface area contributed by atoms with Gasteiger partial charge in [0, 0.05) is 23.8 Å². The number of benzene rings is 1. The first-order valence-corrected chi connectivity index (χ1v) is 7.88. The number of hydrogen-bond acceptors (Lipinski definition) is 3. The summed E-state index contributed by atoms with van der Waals surface area (Å²) in [5, 5.41) is 4.01. The zero-order chi connectivity index (χ0) is 16.9. The number of nitrogens with zero attached hydrogens (tertiary/aromatic N) is 2. The van der Waals surface area contributed by atoms with Crippen molar-refractivity contribution in [1.29, 1.82) is 0 Å². The lowest BCUT2D eigenvalue weighted by molar-refractivity contribution is -0.137. The number of rotatable bonds is 7. The number of halogens is 3. The van der Waals surface area contributed by atoms with Crippen LogP contribution in [-0.2, 0) is 6.18 Å². The summed E-state index contributed by atoms with van der Waals surface area (Å²) in [6.45, 7) is 8.08. The minimum atomic E-state index is -4.34. The van der Waals surface area contributed by atoms with Crippen LogP contribution in [0.4, 0.5) is 18.9 Å². The number of anilines is 1. The van der Waals surface area contributed by atoms with Crippen LogP contribution in [0.15, 0.2) is 30.5 Å². The van der Waals surface area contributed by atoms with E-state index in [9.17, 15) is 13.2 Å². The van der Waals surface area contributed by atoms with Crippen LogP contribution in [0.1, 0.15) is 25.8 Å². The Bertz CT molecular complexity index is 637. The van der Waals surface area contributed by atoms with Crippen LogP contribution < -0.4 is 5.32 Å². The second kappa shape index (κ2) is 7.64. The molecule has 0 spiro atoms. The van der Waals surface area contributed by atoms with Crippen LogP contribution in [0.5, 0.6) is 0 Å². The zero-order valence-electron chi connectivity index (χ0n) is 13.5. The van der Waals surface area contributed by atoms with E-state index < -0.39 is 11.7 Å². The van der Waals surface area contributed by atoms with Gasteiger partial charge in [-0.3, -0.25) is 4.98 Å². The van der Waals surface area contributed by atoms with Gasteiger partial charge in [-0.1, -0.05) is 19.9 Å². The Kier molecular flexibility index (Phi) is 5.82. The fourth-order valence-electron chi connectivity index (χ4n) is 2.54. The fourth-order valence-corrected chi connectivity index (χ4v) is 2.54. The first-order valence-electron chi connectivity index (χ1n) is 7.88. The molecular weight excluding hydrogens is 303 g/mol. The third-order valence-electron chi connectivity index (χ3n) is 3.93. The van der Waals surface area contributed by atoms with E-state index in [4.69, 9.17) is 0 Å². The van der Waals surface area contributed by atoms with Crippen LogP contribution in [0.3, 0.4) is 0 Å². The van der Waals surface area contributed by atoms with Crippen LogP contribution >= 0.6 is 0 Å². The van der Waals surface area contributed by atoms with Crippen molar-refractivity contribution in [3.05, 3.63) is 36.0 Å². The zero-order valence-corrected chi connectivity index (χ0v) is 13.5. The summed E-state index contributed by atoms with van der Waals surface area (Å²) >= 11 is 0. The highest BCUT2D eigenvalue weighted by atomic mass is 19.4. The maximum atomic E-state index is 12.8. The molecule has 0 saturated heterocycles. The number of aromatic nitrogens is 1. The molecule has 1 aromatic heterocycles. The highest BCUT2D eigenvalue weighted by Crippen LogP contribution is 2.32. The van der Waals surface area contributed by atoms with Gasteiger partial charge in [-0.15, -0.1) is 0 Å². The summed E-state index contributed by atoms with van der Waals surface area (Å²) in [5.74, 6) is 0. The maximum absolute atomic E-state index is 12.8. The summed E-state index contributed by atoms with van der Waals surface area (Å²) in [7, 11) is 0. The Morgan fingerprint density at radius 3 is 2.52 bits per heavy atom. The van der Waals surface area contributed by atoms with Crippen molar-refractivity contribution in [3.8, 4) is 0 Å². The van der Waals surface area contributed by atoms with Gasteiger partial charge >= 0.3 is 6.18 Å². The third kappa shape index (κ3) is 4.58. The lowest BCUT2D eigenvalue weighted by Crippen LogP contribution is -2.25. The van der Waals surface area contributed by atoms with Gasteiger partial charge in [0.05, 0.1) is 11.1 Å². The molecule has 0 aliphatic carbocycles. The first kappa shape index (κ1) is 17.5. The molecule has 0 amide bonds. The summed E-state index contributed by atoms with van der Waals surface area (Å²) in [5.41, 5.74) is 0.507. The quantitative estimate of drug-likeness (QED) is 0.765. The molecule has 1 heterocycles. The van der Waals surface area contributed by atoms with Crippen LogP contribution in [0.25, 0.3) is 10.9 Å². The van der Waals surface area contributed by atoms with Gasteiger partial charge in [-0.25, -0.2) is 0 Å². The Balaban J connectivity index is 2.07. The lowest BCUT2D eigenvalue weighted by Gasteiger charge is -2.18. The van der Waals surface area contributed by atoms with E-state index in [0.717, 1.165) is 50.4 Å². The number of alkyl halides is 3. The van der Waals surface area contributed by atoms with Gasteiger partial charge in [-0.05, 0) is 44.3 Å². The van der Waals surface area contributed by atoms with Gasteiger partial charge in [0.2, 0.25) is 0 Å². The first-order chi connectivity index (χ1) is 11.0. The summed E-state index contributed by atoms with van der Waals surface area (Å²) in [6.07, 6.45) is -1.83. The number of nitrogens with one attached hydrogen (secondary N) is 1. The summed E-state index contributed by atoms with van der Waals surface area (Å²) in [4.78, 5) is 6.39. The normalized spacial score (nSPS) is 12.1.